The highest BCUT2D eigenvalue weighted by atomic mass is 19.1. The Morgan fingerprint density at radius 2 is 1.92 bits per heavy atom. The van der Waals surface area contributed by atoms with Gasteiger partial charge in [0, 0.05) is 33.2 Å². The van der Waals surface area contributed by atoms with E-state index >= 15 is 0 Å². The number of carbonyl (C=O) groups is 2. The fourth-order valence-electron chi connectivity index (χ4n) is 5.58. The van der Waals surface area contributed by atoms with Gasteiger partial charge in [-0.15, -0.1) is 0 Å². The quantitative estimate of drug-likeness (QED) is 0.317. The highest BCUT2D eigenvalue weighted by molar-refractivity contribution is 5.94. The van der Waals surface area contributed by atoms with Crippen LogP contribution in [0, 0.1) is 11.7 Å². The number of likely N-dealkylation sites (tertiary alicyclic amines) is 1. The van der Waals surface area contributed by atoms with Crippen molar-refractivity contribution < 1.29 is 23.5 Å². The number of aromatic amines is 1. The number of nitrogen functional groups attached to an aromatic ring is 1. The predicted octanol–water partition coefficient (Wildman–Crippen LogP) is 1.11. The van der Waals surface area contributed by atoms with Gasteiger partial charge >= 0.3 is 5.97 Å². The van der Waals surface area contributed by atoms with Gasteiger partial charge in [-0.2, -0.15) is 0 Å². The summed E-state index contributed by atoms with van der Waals surface area (Å²) in [5.41, 5.74) is 4.30. The number of methoxy groups -OCH3 is 1. The number of nitrogens with zero attached hydrogens (tertiary/aromatic N) is 2. The number of hydrogen-bond acceptors (Lipinski definition) is 8. The smallest absolute Gasteiger partial charge is 0.306 e. The van der Waals surface area contributed by atoms with Gasteiger partial charge < -0.3 is 30.4 Å². The van der Waals surface area contributed by atoms with Crippen LogP contribution >= 0.6 is 0 Å². The van der Waals surface area contributed by atoms with Crippen molar-refractivity contribution in [3.8, 4) is 0 Å². The molecule has 3 atom stereocenters. The first-order valence-electron chi connectivity index (χ1n) is 13.0. The second-order valence-corrected chi connectivity index (χ2v) is 10.2. The van der Waals surface area contributed by atoms with E-state index in [2.05, 4.69) is 20.1 Å². The van der Waals surface area contributed by atoms with Crippen LogP contribution in [0.3, 0.4) is 0 Å². The summed E-state index contributed by atoms with van der Waals surface area (Å²) >= 11 is 0. The second-order valence-electron chi connectivity index (χ2n) is 10.2. The van der Waals surface area contributed by atoms with Crippen molar-refractivity contribution in [1.82, 2.24) is 20.1 Å². The molecule has 1 aromatic heterocycles. The highest BCUT2D eigenvalue weighted by Crippen LogP contribution is 2.29. The Balaban J connectivity index is 1.14. The van der Waals surface area contributed by atoms with E-state index in [0.717, 1.165) is 70.9 Å². The fourth-order valence-corrected chi connectivity index (χ4v) is 5.58. The number of fused-ring (bicyclic) bond motifs is 3. The van der Waals surface area contributed by atoms with Gasteiger partial charge in [0.1, 0.15) is 17.5 Å². The van der Waals surface area contributed by atoms with Gasteiger partial charge in [-0.3, -0.25) is 19.3 Å². The molecule has 5 rings (SSSR count). The fraction of sp³-hybridized carbons (Fsp3) is 0.720. The number of esters is 1. The Hall–Kier alpha value is -2.50. The minimum absolute atomic E-state index is 0.0742. The zero-order chi connectivity index (χ0) is 25.7. The molecule has 0 spiro atoms. The lowest BCUT2D eigenvalue weighted by Crippen LogP contribution is -2.55. The maximum absolute atomic E-state index is 13.7. The Labute approximate surface area is 210 Å². The molecular weight excluding hydrogens is 469 g/mol. The van der Waals surface area contributed by atoms with Crippen molar-refractivity contribution in [2.24, 2.45) is 5.92 Å². The van der Waals surface area contributed by atoms with Gasteiger partial charge in [-0.1, -0.05) is 6.42 Å². The Kier molecular flexibility index (Phi) is 8.97. The topological polar surface area (TPSA) is 130 Å². The van der Waals surface area contributed by atoms with E-state index in [1.54, 1.807) is 7.11 Å². The summed E-state index contributed by atoms with van der Waals surface area (Å²) in [5.74, 6) is -1.44. The Bertz CT molecular complexity index is 980. The van der Waals surface area contributed by atoms with E-state index in [9.17, 15) is 18.8 Å². The molecule has 2 bridgehead atoms. The van der Waals surface area contributed by atoms with Crippen molar-refractivity contribution in [2.75, 3.05) is 52.1 Å². The molecular formula is C25H38FN5O5. The summed E-state index contributed by atoms with van der Waals surface area (Å²) in [4.78, 5) is 43.6. The molecule has 10 nitrogen and oxygen atoms in total. The molecule has 4 saturated heterocycles. The van der Waals surface area contributed by atoms with E-state index in [4.69, 9.17) is 15.2 Å². The number of carbonyl (C=O) groups excluding carboxylic acids is 2. The van der Waals surface area contributed by atoms with E-state index in [0.29, 0.717) is 25.3 Å². The first-order valence-corrected chi connectivity index (χ1v) is 13.0. The number of anilines is 1. The maximum atomic E-state index is 13.7. The minimum atomic E-state index is -0.842. The summed E-state index contributed by atoms with van der Waals surface area (Å²) in [6.07, 6.45) is 5.91. The number of aromatic nitrogens is 1. The van der Waals surface area contributed by atoms with E-state index < -0.39 is 23.1 Å². The number of hydrogen-bond donors (Lipinski definition) is 3. The summed E-state index contributed by atoms with van der Waals surface area (Å²) in [6, 6.07) is 0.563. The minimum Gasteiger partial charge on any atom is -0.461 e. The van der Waals surface area contributed by atoms with Gasteiger partial charge in [0.05, 0.1) is 12.1 Å². The van der Waals surface area contributed by atoms with Crippen molar-refractivity contribution in [2.45, 2.75) is 63.2 Å². The van der Waals surface area contributed by atoms with Gasteiger partial charge in [-0.05, 0) is 63.7 Å². The molecule has 0 aliphatic carbocycles. The van der Waals surface area contributed by atoms with Crippen LogP contribution in [-0.4, -0.2) is 91.3 Å². The van der Waals surface area contributed by atoms with Gasteiger partial charge in [0.2, 0.25) is 0 Å². The van der Waals surface area contributed by atoms with Crippen LogP contribution in [0.15, 0.2) is 10.9 Å². The van der Waals surface area contributed by atoms with E-state index in [-0.39, 0.29) is 29.8 Å². The predicted molar refractivity (Wildman–Crippen MR) is 132 cm³/mol. The molecule has 4 fully saturated rings. The lowest BCUT2D eigenvalue weighted by atomic mass is 9.86. The Morgan fingerprint density at radius 3 is 2.61 bits per heavy atom. The molecule has 4 aliphatic rings. The van der Waals surface area contributed by atoms with Crippen LogP contribution in [0.25, 0.3) is 0 Å². The lowest BCUT2D eigenvalue weighted by molar-refractivity contribution is -0.158. The van der Waals surface area contributed by atoms with Gasteiger partial charge in [-0.25, -0.2) is 4.39 Å². The summed E-state index contributed by atoms with van der Waals surface area (Å²) < 4.78 is 25.1. The van der Waals surface area contributed by atoms with Crippen molar-refractivity contribution in [3.05, 3.63) is 27.8 Å². The third-order valence-corrected chi connectivity index (χ3v) is 7.76. The third-order valence-electron chi connectivity index (χ3n) is 7.76. The molecule has 1 amide bonds. The van der Waals surface area contributed by atoms with Crippen molar-refractivity contribution >= 4 is 17.7 Å². The van der Waals surface area contributed by atoms with E-state index in [1.165, 1.54) is 0 Å². The van der Waals surface area contributed by atoms with Crippen LogP contribution in [-0.2, 0) is 14.3 Å². The number of amides is 1. The molecule has 4 aliphatic heterocycles. The molecule has 5 heterocycles. The largest absolute Gasteiger partial charge is 0.461 e. The molecule has 200 valence electrons. The van der Waals surface area contributed by atoms with Crippen molar-refractivity contribution in [1.29, 1.82) is 0 Å². The van der Waals surface area contributed by atoms with Crippen LogP contribution in [0.5, 0.6) is 0 Å². The zero-order valence-electron chi connectivity index (χ0n) is 21.0. The maximum Gasteiger partial charge on any atom is 0.306 e. The first-order chi connectivity index (χ1) is 17.3. The average molecular weight is 508 g/mol. The molecule has 11 heteroatoms. The number of unbranched alkanes of at least 4 members (excludes halogenated alkanes) is 2. The molecule has 4 N–H and O–H groups in total. The molecule has 0 radical (unpaired) electrons. The molecule has 0 aromatic carbocycles. The number of nitrogens with one attached hydrogen (secondary N) is 2. The van der Waals surface area contributed by atoms with Gasteiger partial charge in [0.15, 0.2) is 5.82 Å². The monoisotopic (exact) mass is 507 g/mol. The van der Waals surface area contributed by atoms with Crippen LogP contribution in [0.4, 0.5) is 10.2 Å². The standard InChI is InChI=1S/C25H38FN5O5/c1-35-21-15-30(12-8-19(21)28-24(33)17-13-18(26)23(27)29-25(17)34)9-4-2-3-5-22(32)36-20-14-31-10-6-16(20)7-11-31/h13,16,19-21H,2-12,14-15H2,1H3,(H,28,33)(H3,27,29,34)/t19-,20+,21+/m1/s1. The SMILES string of the molecule is CO[C@H]1CN(CCCCCC(=O)O[C@H]2CN3CCC2CC3)CC[C@H]1NC(=O)c1cc(F)c(N)[nH]c1=O. The van der Waals surface area contributed by atoms with Gasteiger partial charge in [0.25, 0.3) is 11.5 Å². The normalized spacial score (nSPS) is 28.1. The second kappa shape index (κ2) is 12.2. The number of H-pyrrole nitrogens is 1. The Morgan fingerprint density at radius 1 is 1.14 bits per heavy atom. The lowest BCUT2D eigenvalue weighted by Gasteiger charge is -2.43. The number of nitrogens with two attached hydrogens (primary N) is 1. The first kappa shape index (κ1) is 26.6. The highest BCUT2D eigenvalue weighted by Gasteiger charge is 2.36. The third kappa shape index (κ3) is 6.63. The molecule has 0 saturated carbocycles. The van der Waals surface area contributed by atoms with Crippen LogP contribution in [0.1, 0.15) is 55.3 Å². The zero-order valence-corrected chi connectivity index (χ0v) is 21.0. The summed E-state index contributed by atoms with van der Waals surface area (Å²) in [5, 5.41) is 2.80. The number of ether oxygens (including phenoxy) is 2. The number of pyridine rings is 1. The van der Waals surface area contributed by atoms with E-state index in [1.807, 2.05) is 0 Å². The summed E-state index contributed by atoms with van der Waals surface area (Å²) in [7, 11) is 1.59. The van der Waals surface area contributed by atoms with Crippen molar-refractivity contribution in [3.63, 3.8) is 0 Å². The molecule has 1 aromatic rings. The molecule has 0 unspecified atom stereocenters. The number of piperidine rings is 4. The van der Waals surface area contributed by atoms with Crippen LogP contribution < -0.4 is 16.6 Å². The average Bonchev–Trinajstić information content (AvgIpc) is 2.87. The molecule has 36 heavy (non-hydrogen) atoms. The number of rotatable bonds is 10. The summed E-state index contributed by atoms with van der Waals surface area (Å²) in [6.45, 7) is 5.43. The number of halogens is 1. The van der Waals surface area contributed by atoms with Crippen LogP contribution in [0.2, 0.25) is 0 Å².